The number of anilines is 1. The minimum Gasteiger partial charge on any atom is -0.379 e. The Morgan fingerprint density at radius 2 is 2.32 bits per heavy atom. The highest BCUT2D eigenvalue weighted by Gasteiger charge is 2.17. The van der Waals surface area contributed by atoms with Gasteiger partial charge in [0.05, 0.1) is 9.95 Å². The fraction of sp³-hybridized carbons (Fsp3) is 0.200. The van der Waals surface area contributed by atoms with E-state index in [0.717, 1.165) is 12.1 Å². The van der Waals surface area contributed by atoms with Gasteiger partial charge in [0.15, 0.2) is 0 Å². The van der Waals surface area contributed by atoms with Crippen LogP contribution in [0.1, 0.15) is 5.82 Å². The summed E-state index contributed by atoms with van der Waals surface area (Å²) >= 11 is 5.51. The van der Waals surface area contributed by atoms with Gasteiger partial charge in [-0.15, -0.1) is 0 Å². The maximum absolute atomic E-state index is 13.3. The minimum absolute atomic E-state index is 0.0754. The molecule has 19 heavy (non-hydrogen) atoms. The van der Waals surface area contributed by atoms with Gasteiger partial charge < -0.3 is 5.32 Å². The van der Waals surface area contributed by atoms with Crippen LogP contribution in [0, 0.1) is 15.9 Å². The number of aromatic nitrogens is 3. The van der Waals surface area contributed by atoms with Crippen LogP contribution in [0.25, 0.3) is 0 Å². The molecule has 0 unspecified atom stereocenters. The van der Waals surface area contributed by atoms with Crippen LogP contribution in [0.15, 0.2) is 18.5 Å². The second kappa shape index (κ2) is 5.61. The maximum atomic E-state index is 13.3. The topological polar surface area (TPSA) is 96.7 Å². The molecule has 0 saturated heterocycles. The Morgan fingerprint density at radius 1 is 1.53 bits per heavy atom. The minimum atomic E-state index is -0.713. The van der Waals surface area contributed by atoms with E-state index >= 15 is 0 Å². The molecule has 0 amide bonds. The van der Waals surface area contributed by atoms with Crippen LogP contribution < -0.4 is 5.32 Å². The second-order valence-corrected chi connectivity index (χ2v) is 4.06. The molecule has 0 saturated carbocycles. The summed E-state index contributed by atoms with van der Waals surface area (Å²) in [4.78, 5) is 14.1. The van der Waals surface area contributed by atoms with Crippen LogP contribution >= 0.6 is 11.6 Å². The summed E-state index contributed by atoms with van der Waals surface area (Å²) in [5.41, 5.74) is -0.199. The molecule has 2 aromatic rings. The monoisotopic (exact) mass is 285 g/mol. The first-order valence-corrected chi connectivity index (χ1v) is 5.67. The molecule has 0 aliphatic heterocycles. The quantitative estimate of drug-likeness (QED) is 0.648. The highest BCUT2D eigenvalue weighted by atomic mass is 35.5. The third kappa shape index (κ3) is 3.16. The number of benzene rings is 1. The van der Waals surface area contributed by atoms with E-state index in [9.17, 15) is 14.5 Å². The van der Waals surface area contributed by atoms with Crippen LogP contribution in [-0.4, -0.2) is 26.6 Å². The molecule has 9 heteroatoms. The van der Waals surface area contributed by atoms with Gasteiger partial charge in [-0.3, -0.25) is 15.2 Å². The van der Waals surface area contributed by atoms with Crippen LogP contribution in [0.3, 0.4) is 0 Å². The molecule has 7 nitrogen and oxygen atoms in total. The van der Waals surface area contributed by atoms with Gasteiger partial charge in [0, 0.05) is 25.1 Å². The Bertz CT molecular complexity index is 590. The lowest BCUT2D eigenvalue weighted by Gasteiger charge is -2.07. The molecule has 2 N–H and O–H groups in total. The SMILES string of the molecule is O=[N+]([O-])c1cc(Cl)c(F)cc1NCCc1ncn[nH]1. The molecule has 1 aromatic heterocycles. The molecule has 0 aliphatic carbocycles. The standard InChI is InChI=1S/C10H9ClFN5O2/c11-6-3-9(17(18)19)8(4-7(6)12)13-2-1-10-14-5-15-16-10/h3-5,13H,1-2H2,(H,14,15,16). The van der Waals surface area contributed by atoms with Crippen LogP contribution in [-0.2, 0) is 6.42 Å². The van der Waals surface area contributed by atoms with Crippen molar-refractivity contribution in [3.05, 3.63) is 45.2 Å². The summed E-state index contributed by atoms with van der Waals surface area (Å²) < 4.78 is 13.3. The zero-order valence-electron chi connectivity index (χ0n) is 9.56. The van der Waals surface area contributed by atoms with Crippen molar-refractivity contribution in [3.8, 4) is 0 Å². The Morgan fingerprint density at radius 3 is 2.95 bits per heavy atom. The zero-order valence-corrected chi connectivity index (χ0v) is 10.3. The summed E-state index contributed by atoms with van der Waals surface area (Å²) in [5.74, 6) is -0.0842. The number of halogens is 2. The number of H-pyrrole nitrogens is 1. The van der Waals surface area contributed by atoms with Crippen molar-refractivity contribution in [2.45, 2.75) is 6.42 Å². The van der Waals surface area contributed by atoms with Crippen molar-refractivity contribution in [2.75, 3.05) is 11.9 Å². The predicted octanol–water partition coefficient (Wildman–Crippen LogP) is 2.16. The highest BCUT2D eigenvalue weighted by molar-refractivity contribution is 6.31. The summed E-state index contributed by atoms with van der Waals surface area (Å²) in [6, 6.07) is 1.98. The summed E-state index contributed by atoms with van der Waals surface area (Å²) in [6.45, 7) is 0.344. The molecule has 1 heterocycles. The van der Waals surface area contributed by atoms with Gasteiger partial charge in [-0.1, -0.05) is 11.6 Å². The van der Waals surface area contributed by atoms with Gasteiger partial charge in [-0.25, -0.2) is 9.37 Å². The number of hydrogen-bond donors (Lipinski definition) is 2. The fourth-order valence-corrected chi connectivity index (χ4v) is 1.65. The van der Waals surface area contributed by atoms with Gasteiger partial charge in [0.2, 0.25) is 0 Å². The number of nitrogens with zero attached hydrogens (tertiary/aromatic N) is 3. The number of nitro benzene ring substituents is 1. The number of aromatic amines is 1. The maximum Gasteiger partial charge on any atom is 0.294 e. The Kier molecular flexibility index (Phi) is 3.91. The average Bonchev–Trinajstić information content (AvgIpc) is 2.86. The lowest BCUT2D eigenvalue weighted by molar-refractivity contribution is -0.384. The van der Waals surface area contributed by atoms with Gasteiger partial charge >= 0.3 is 0 Å². The van der Waals surface area contributed by atoms with Crippen molar-refractivity contribution in [2.24, 2.45) is 0 Å². The Labute approximate surface area is 112 Å². The lowest BCUT2D eigenvalue weighted by Crippen LogP contribution is -2.08. The smallest absolute Gasteiger partial charge is 0.294 e. The summed E-state index contributed by atoms with van der Waals surface area (Å²) in [7, 11) is 0. The number of hydrogen-bond acceptors (Lipinski definition) is 5. The highest BCUT2D eigenvalue weighted by Crippen LogP contribution is 2.30. The largest absolute Gasteiger partial charge is 0.379 e. The molecule has 0 radical (unpaired) electrons. The third-order valence-corrected chi connectivity index (χ3v) is 2.67. The van der Waals surface area contributed by atoms with Gasteiger partial charge in [-0.2, -0.15) is 5.10 Å². The van der Waals surface area contributed by atoms with Crippen molar-refractivity contribution >= 4 is 23.0 Å². The van der Waals surface area contributed by atoms with Crippen molar-refractivity contribution in [1.82, 2.24) is 15.2 Å². The van der Waals surface area contributed by atoms with Crippen molar-refractivity contribution < 1.29 is 9.31 Å². The first-order valence-electron chi connectivity index (χ1n) is 5.29. The van der Waals surface area contributed by atoms with E-state index in [1.54, 1.807) is 0 Å². The van der Waals surface area contributed by atoms with Gasteiger partial charge in [0.25, 0.3) is 5.69 Å². The molecule has 0 aliphatic rings. The van der Waals surface area contributed by atoms with E-state index in [2.05, 4.69) is 20.5 Å². The molecular formula is C10H9ClFN5O2. The Hall–Kier alpha value is -2.22. The first-order chi connectivity index (χ1) is 9.08. The normalized spacial score (nSPS) is 10.4. The Balaban J connectivity index is 2.10. The summed E-state index contributed by atoms with van der Waals surface area (Å²) in [5, 5.41) is 19.6. The van der Waals surface area contributed by atoms with E-state index in [-0.39, 0.29) is 16.4 Å². The average molecular weight is 286 g/mol. The van der Waals surface area contributed by atoms with E-state index < -0.39 is 10.7 Å². The van der Waals surface area contributed by atoms with Crippen LogP contribution in [0.2, 0.25) is 5.02 Å². The van der Waals surface area contributed by atoms with Gasteiger partial charge in [-0.05, 0) is 0 Å². The predicted molar refractivity (Wildman–Crippen MR) is 66.6 cm³/mol. The first kappa shape index (κ1) is 13.2. The third-order valence-electron chi connectivity index (χ3n) is 2.38. The molecule has 0 fully saturated rings. The molecular weight excluding hydrogens is 277 g/mol. The lowest BCUT2D eigenvalue weighted by atomic mass is 10.2. The van der Waals surface area contributed by atoms with E-state index in [4.69, 9.17) is 11.6 Å². The van der Waals surface area contributed by atoms with E-state index in [0.29, 0.717) is 18.8 Å². The molecule has 100 valence electrons. The van der Waals surface area contributed by atoms with E-state index in [1.165, 1.54) is 6.33 Å². The zero-order chi connectivity index (χ0) is 13.8. The second-order valence-electron chi connectivity index (χ2n) is 3.65. The van der Waals surface area contributed by atoms with E-state index in [1.807, 2.05) is 0 Å². The number of nitrogens with one attached hydrogen (secondary N) is 2. The molecule has 1 aromatic carbocycles. The summed E-state index contributed by atoms with van der Waals surface area (Å²) in [6.07, 6.45) is 1.83. The molecule has 0 atom stereocenters. The van der Waals surface area contributed by atoms with Crippen molar-refractivity contribution in [3.63, 3.8) is 0 Å². The van der Waals surface area contributed by atoms with Crippen LogP contribution in [0.4, 0.5) is 15.8 Å². The van der Waals surface area contributed by atoms with Gasteiger partial charge in [0.1, 0.15) is 23.7 Å². The number of rotatable bonds is 5. The fourth-order valence-electron chi connectivity index (χ4n) is 1.50. The molecule has 0 spiro atoms. The van der Waals surface area contributed by atoms with Crippen LogP contribution in [0.5, 0.6) is 0 Å². The molecule has 0 bridgehead atoms. The molecule has 2 rings (SSSR count). The number of nitro groups is 1. The van der Waals surface area contributed by atoms with Crippen molar-refractivity contribution in [1.29, 1.82) is 0 Å².